The smallest absolute Gasteiger partial charge is 0.323 e. The molecule has 186 valence electrons. The molecule has 0 radical (unpaired) electrons. The molecule has 7 nitrogen and oxygen atoms in total. The number of nitrogens with one attached hydrogen (secondary N) is 1. The van der Waals surface area contributed by atoms with Gasteiger partial charge in [0.05, 0.1) is 10.5 Å². The zero-order valence-corrected chi connectivity index (χ0v) is 21.2. The predicted octanol–water partition coefficient (Wildman–Crippen LogP) is 5.90. The van der Waals surface area contributed by atoms with E-state index in [1.807, 2.05) is 5.38 Å². The number of nitrogens with zero attached hydrogens (tertiary/aromatic N) is 2. The summed E-state index contributed by atoms with van der Waals surface area (Å²) in [6.07, 6.45) is 1.36. The van der Waals surface area contributed by atoms with E-state index in [-0.39, 0.29) is 29.8 Å². The lowest BCUT2D eigenvalue weighted by Gasteiger charge is -2.19. The molecule has 0 unspecified atom stereocenters. The van der Waals surface area contributed by atoms with Gasteiger partial charge in [0.1, 0.15) is 29.7 Å². The number of hydrogen-bond donors (Lipinski definition) is 2. The number of ether oxygens (including phenoxy) is 1. The molecule has 0 bridgehead atoms. The monoisotopic (exact) mass is 539 g/mol. The lowest BCUT2D eigenvalue weighted by atomic mass is 10.1. The Kier molecular flexibility index (Phi) is 9.71. The van der Waals surface area contributed by atoms with E-state index in [0.717, 1.165) is 11.4 Å². The topological polar surface area (TPSA) is 91.8 Å². The first-order chi connectivity index (χ1) is 16.7. The summed E-state index contributed by atoms with van der Waals surface area (Å²) in [7, 11) is 0. The second kappa shape index (κ2) is 12.7. The van der Waals surface area contributed by atoms with Crippen LogP contribution in [0.2, 0.25) is 10.0 Å². The summed E-state index contributed by atoms with van der Waals surface area (Å²) in [6.45, 7) is 1.71. The molecule has 0 atom stereocenters. The van der Waals surface area contributed by atoms with Gasteiger partial charge in [-0.1, -0.05) is 23.2 Å². The van der Waals surface area contributed by atoms with Crippen LogP contribution in [0.15, 0.2) is 41.2 Å². The maximum absolute atomic E-state index is 14.7. The number of carboxylic acids is 1. The van der Waals surface area contributed by atoms with Crippen molar-refractivity contribution in [2.45, 2.75) is 26.2 Å². The van der Waals surface area contributed by atoms with Crippen molar-refractivity contribution in [3.8, 4) is 11.5 Å². The predicted molar refractivity (Wildman–Crippen MR) is 135 cm³/mol. The van der Waals surface area contributed by atoms with Gasteiger partial charge < -0.3 is 20.1 Å². The van der Waals surface area contributed by atoms with Crippen LogP contribution in [0.5, 0.6) is 11.5 Å². The van der Waals surface area contributed by atoms with Gasteiger partial charge in [0.25, 0.3) is 0 Å². The average Bonchev–Trinajstić information content (AvgIpc) is 3.31. The first-order valence-electron chi connectivity index (χ1n) is 10.8. The van der Waals surface area contributed by atoms with Crippen molar-refractivity contribution in [2.75, 3.05) is 25.0 Å². The third kappa shape index (κ3) is 8.09. The van der Waals surface area contributed by atoms with Crippen LogP contribution in [0.1, 0.15) is 24.5 Å². The Labute approximate surface area is 216 Å². The highest BCUT2D eigenvalue weighted by atomic mass is 35.5. The lowest BCUT2D eigenvalue weighted by molar-refractivity contribution is -0.143. The number of carbonyl (C=O) groups is 2. The Morgan fingerprint density at radius 2 is 1.97 bits per heavy atom. The second-order valence-electron chi connectivity index (χ2n) is 7.72. The van der Waals surface area contributed by atoms with E-state index in [4.69, 9.17) is 33.0 Å². The van der Waals surface area contributed by atoms with Crippen LogP contribution in [-0.4, -0.2) is 46.5 Å². The van der Waals surface area contributed by atoms with Crippen LogP contribution in [0.3, 0.4) is 0 Å². The van der Waals surface area contributed by atoms with E-state index in [1.165, 1.54) is 29.2 Å². The molecular formula is C24H24Cl2FN3O4S. The fourth-order valence-electron chi connectivity index (χ4n) is 3.40. The quantitative estimate of drug-likeness (QED) is 0.297. The summed E-state index contributed by atoms with van der Waals surface area (Å²) in [5.74, 6) is -0.483. The number of halogens is 3. The van der Waals surface area contributed by atoms with Crippen molar-refractivity contribution in [1.29, 1.82) is 0 Å². The highest BCUT2D eigenvalue weighted by molar-refractivity contribution is 7.07. The molecule has 1 amide bonds. The molecule has 3 aromatic rings. The maximum Gasteiger partial charge on any atom is 0.323 e. The summed E-state index contributed by atoms with van der Waals surface area (Å²) in [5.41, 5.74) is 2.89. The molecule has 2 N–H and O–H groups in total. The zero-order chi connectivity index (χ0) is 25.4. The lowest BCUT2D eigenvalue weighted by Crippen LogP contribution is -2.34. The Hall–Kier alpha value is -2.88. The van der Waals surface area contributed by atoms with Gasteiger partial charge in [-0.15, -0.1) is 11.3 Å². The average molecular weight is 540 g/mol. The minimum atomic E-state index is -1.08. The Morgan fingerprint density at radius 3 is 2.66 bits per heavy atom. The van der Waals surface area contributed by atoms with E-state index in [0.29, 0.717) is 42.1 Å². The molecule has 1 heterocycles. The number of thiazole rings is 1. The summed E-state index contributed by atoms with van der Waals surface area (Å²) < 4.78 is 20.7. The highest BCUT2D eigenvalue weighted by Crippen LogP contribution is 2.35. The summed E-state index contributed by atoms with van der Waals surface area (Å²) >= 11 is 14.0. The van der Waals surface area contributed by atoms with E-state index in [2.05, 4.69) is 10.3 Å². The molecule has 35 heavy (non-hydrogen) atoms. The summed E-state index contributed by atoms with van der Waals surface area (Å²) in [4.78, 5) is 28.0. The molecule has 0 fully saturated rings. The molecule has 11 heteroatoms. The first kappa shape index (κ1) is 26.7. The van der Waals surface area contributed by atoms with Crippen molar-refractivity contribution >= 4 is 52.2 Å². The molecule has 3 rings (SSSR count). The largest absolute Gasteiger partial charge is 0.480 e. The van der Waals surface area contributed by atoms with Crippen LogP contribution in [-0.2, 0) is 22.4 Å². The third-order valence-corrected chi connectivity index (χ3v) is 6.24. The van der Waals surface area contributed by atoms with Crippen LogP contribution >= 0.6 is 34.5 Å². The number of aliphatic carboxylic acids is 1. The number of amides is 1. The Balaban J connectivity index is 1.67. The zero-order valence-electron chi connectivity index (χ0n) is 18.9. The second-order valence-corrected chi connectivity index (χ2v) is 9.28. The van der Waals surface area contributed by atoms with Gasteiger partial charge in [-0.05, 0) is 54.7 Å². The Bertz CT molecular complexity index is 1180. The normalized spacial score (nSPS) is 10.7. The number of benzene rings is 2. The van der Waals surface area contributed by atoms with Gasteiger partial charge in [-0.2, -0.15) is 0 Å². The molecule has 0 saturated carbocycles. The molecule has 0 aliphatic rings. The van der Waals surface area contributed by atoms with Crippen molar-refractivity contribution in [1.82, 2.24) is 9.88 Å². The number of hydrogen-bond acceptors (Lipinski definition) is 6. The van der Waals surface area contributed by atoms with E-state index in [9.17, 15) is 14.0 Å². The summed E-state index contributed by atoms with van der Waals surface area (Å²) in [6, 6.07) is 7.83. The number of carbonyl (C=O) groups excluding carboxylic acids is 1. The fraction of sp³-hybridized carbons (Fsp3) is 0.292. The van der Waals surface area contributed by atoms with Gasteiger partial charge in [-0.3, -0.25) is 9.59 Å². The van der Waals surface area contributed by atoms with Crippen molar-refractivity contribution in [3.63, 3.8) is 0 Å². The van der Waals surface area contributed by atoms with E-state index in [1.54, 1.807) is 29.8 Å². The van der Waals surface area contributed by atoms with Crippen molar-refractivity contribution < 1.29 is 23.8 Å². The van der Waals surface area contributed by atoms with Crippen LogP contribution < -0.4 is 10.1 Å². The molecule has 0 spiro atoms. The van der Waals surface area contributed by atoms with Crippen LogP contribution in [0.25, 0.3) is 0 Å². The van der Waals surface area contributed by atoms with E-state index < -0.39 is 11.8 Å². The van der Waals surface area contributed by atoms with Gasteiger partial charge in [0.15, 0.2) is 0 Å². The molecule has 0 aliphatic heterocycles. The van der Waals surface area contributed by atoms with Gasteiger partial charge in [-0.25, -0.2) is 9.37 Å². The number of aryl methyl sites for hydroxylation is 1. The minimum absolute atomic E-state index is 0.167. The molecular weight excluding hydrogens is 516 g/mol. The maximum atomic E-state index is 14.7. The number of carboxylic acid groups (broad SMARTS) is 1. The SMILES string of the molecule is CC(=O)N(CCCc1cc(Cl)ccc1Oc1cc(F)c(CCNc2cscn2)cc1Cl)CC(=O)O. The number of aromatic nitrogens is 1. The van der Waals surface area contributed by atoms with E-state index >= 15 is 0 Å². The highest BCUT2D eigenvalue weighted by Gasteiger charge is 2.15. The summed E-state index contributed by atoms with van der Waals surface area (Å²) in [5, 5.41) is 14.7. The van der Waals surface area contributed by atoms with Gasteiger partial charge >= 0.3 is 5.97 Å². The third-order valence-electron chi connectivity index (χ3n) is 5.12. The standard InChI is InChI=1S/C24H24Cl2FN3O4S/c1-15(31)30(12-24(32)33)8-2-3-17-9-18(25)4-5-21(17)34-22-11-20(27)16(10-19(22)26)6-7-28-23-13-35-14-29-23/h4-5,9-11,13-14,28H,2-3,6-8,12H2,1H3,(H,32,33). The van der Waals surface area contributed by atoms with Crippen LogP contribution in [0.4, 0.5) is 10.2 Å². The van der Waals surface area contributed by atoms with Crippen molar-refractivity contribution in [2.24, 2.45) is 0 Å². The molecule has 2 aromatic carbocycles. The van der Waals surface area contributed by atoms with Gasteiger partial charge in [0, 0.05) is 36.5 Å². The first-order valence-corrected chi connectivity index (χ1v) is 12.5. The van der Waals surface area contributed by atoms with Crippen molar-refractivity contribution in [3.05, 3.63) is 68.2 Å². The number of anilines is 1. The number of rotatable bonds is 12. The minimum Gasteiger partial charge on any atom is -0.480 e. The molecule has 0 aliphatic carbocycles. The fourth-order valence-corrected chi connectivity index (χ4v) is 4.33. The Morgan fingerprint density at radius 1 is 1.17 bits per heavy atom. The molecule has 1 aromatic heterocycles. The molecule has 0 saturated heterocycles. The van der Waals surface area contributed by atoms with Crippen LogP contribution in [0, 0.1) is 5.82 Å². The van der Waals surface area contributed by atoms with Gasteiger partial charge in [0.2, 0.25) is 5.91 Å².